The number of rotatable bonds is 8. The molecule has 0 fully saturated rings. The van der Waals surface area contributed by atoms with Gasteiger partial charge in [0.1, 0.15) is 5.82 Å². The van der Waals surface area contributed by atoms with Crippen molar-refractivity contribution in [2.45, 2.75) is 26.2 Å². The molecule has 0 heterocycles. The van der Waals surface area contributed by atoms with Crippen LogP contribution in [0, 0.1) is 12.7 Å². The van der Waals surface area contributed by atoms with Crippen LogP contribution in [0.5, 0.6) is 0 Å². The second-order valence-electron chi connectivity index (χ2n) is 4.29. The Kier molecular flexibility index (Phi) is 6.82. The molecule has 0 bridgehead atoms. The van der Waals surface area contributed by atoms with Gasteiger partial charge in [0.15, 0.2) is 0 Å². The summed E-state index contributed by atoms with van der Waals surface area (Å²) in [5, 5.41) is 3.28. The molecule has 0 spiro atoms. The summed E-state index contributed by atoms with van der Waals surface area (Å²) in [6.45, 7) is 4.59. The minimum Gasteiger partial charge on any atom is -0.383 e. The highest BCUT2D eigenvalue weighted by Gasteiger charge is 2.01. The van der Waals surface area contributed by atoms with Gasteiger partial charge in [-0.15, -0.1) is 0 Å². The average molecular weight is 239 g/mol. The first-order valence-electron chi connectivity index (χ1n) is 6.18. The summed E-state index contributed by atoms with van der Waals surface area (Å²) in [6.07, 6.45) is 2.90. The first-order chi connectivity index (χ1) is 8.24. The molecule has 0 atom stereocenters. The Morgan fingerprint density at radius 3 is 2.82 bits per heavy atom. The fourth-order valence-corrected chi connectivity index (χ4v) is 1.76. The molecule has 1 aromatic carbocycles. The molecule has 2 nitrogen and oxygen atoms in total. The standard InChI is InChI=1S/C14H22FNO/c1-12-6-7-14(15)13(11-12)5-3-4-8-16-9-10-17-2/h6-7,11,16H,3-5,8-10H2,1-2H3. The Bertz CT molecular complexity index is 328. The van der Waals surface area contributed by atoms with Crippen LogP contribution in [-0.2, 0) is 11.2 Å². The van der Waals surface area contributed by atoms with E-state index in [-0.39, 0.29) is 5.82 Å². The van der Waals surface area contributed by atoms with Gasteiger partial charge in [-0.1, -0.05) is 17.7 Å². The van der Waals surface area contributed by atoms with E-state index < -0.39 is 0 Å². The Balaban J connectivity index is 2.15. The van der Waals surface area contributed by atoms with Gasteiger partial charge in [-0.05, 0) is 44.4 Å². The molecule has 3 heteroatoms. The molecule has 1 N–H and O–H groups in total. The molecule has 0 radical (unpaired) electrons. The number of aryl methyl sites for hydroxylation is 2. The van der Waals surface area contributed by atoms with Gasteiger partial charge in [-0.25, -0.2) is 4.39 Å². The van der Waals surface area contributed by atoms with Crippen LogP contribution in [0.15, 0.2) is 18.2 Å². The zero-order valence-corrected chi connectivity index (χ0v) is 10.8. The van der Waals surface area contributed by atoms with E-state index in [9.17, 15) is 4.39 Å². The number of benzene rings is 1. The minimum absolute atomic E-state index is 0.0806. The third kappa shape index (κ3) is 5.80. The molecule has 1 rings (SSSR count). The third-order valence-electron chi connectivity index (χ3n) is 2.73. The number of hydrogen-bond acceptors (Lipinski definition) is 2. The molecular formula is C14H22FNO. The van der Waals surface area contributed by atoms with E-state index in [2.05, 4.69) is 5.32 Å². The molecule has 0 aliphatic rings. The highest BCUT2D eigenvalue weighted by Crippen LogP contribution is 2.12. The van der Waals surface area contributed by atoms with Crippen LogP contribution in [0.1, 0.15) is 24.0 Å². The topological polar surface area (TPSA) is 21.3 Å². The molecule has 0 unspecified atom stereocenters. The van der Waals surface area contributed by atoms with E-state index in [1.54, 1.807) is 13.2 Å². The van der Waals surface area contributed by atoms with Crippen LogP contribution in [-0.4, -0.2) is 26.8 Å². The molecular weight excluding hydrogens is 217 g/mol. The van der Waals surface area contributed by atoms with E-state index in [0.717, 1.165) is 50.1 Å². The van der Waals surface area contributed by atoms with Crippen molar-refractivity contribution >= 4 is 0 Å². The van der Waals surface area contributed by atoms with Crippen molar-refractivity contribution in [2.24, 2.45) is 0 Å². The second-order valence-corrected chi connectivity index (χ2v) is 4.29. The van der Waals surface area contributed by atoms with Gasteiger partial charge in [0.25, 0.3) is 0 Å². The summed E-state index contributed by atoms with van der Waals surface area (Å²) in [5.74, 6) is -0.0806. The number of unbranched alkanes of at least 4 members (excludes halogenated alkanes) is 1. The normalized spacial score (nSPS) is 10.8. The van der Waals surface area contributed by atoms with Gasteiger partial charge in [-0.3, -0.25) is 0 Å². The van der Waals surface area contributed by atoms with Gasteiger partial charge in [0.05, 0.1) is 6.61 Å². The smallest absolute Gasteiger partial charge is 0.126 e. The summed E-state index contributed by atoms with van der Waals surface area (Å²) in [4.78, 5) is 0. The van der Waals surface area contributed by atoms with Crippen molar-refractivity contribution in [3.63, 3.8) is 0 Å². The number of hydrogen-bond donors (Lipinski definition) is 1. The van der Waals surface area contributed by atoms with Crippen LogP contribution < -0.4 is 5.32 Å². The SMILES string of the molecule is COCCNCCCCc1cc(C)ccc1F. The Morgan fingerprint density at radius 1 is 1.24 bits per heavy atom. The Hall–Kier alpha value is -0.930. The molecule has 0 aromatic heterocycles. The van der Waals surface area contributed by atoms with Gasteiger partial charge in [0, 0.05) is 13.7 Å². The van der Waals surface area contributed by atoms with E-state index >= 15 is 0 Å². The maximum absolute atomic E-state index is 13.4. The maximum atomic E-state index is 13.4. The van der Waals surface area contributed by atoms with Crippen molar-refractivity contribution < 1.29 is 9.13 Å². The van der Waals surface area contributed by atoms with Crippen LogP contribution in [0.2, 0.25) is 0 Å². The quantitative estimate of drug-likeness (QED) is 0.704. The number of halogens is 1. The molecule has 0 amide bonds. The third-order valence-corrected chi connectivity index (χ3v) is 2.73. The van der Waals surface area contributed by atoms with Gasteiger partial charge in [-0.2, -0.15) is 0 Å². The van der Waals surface area contributed by atoms with Crippen molar-refractivity contribution in [2.75, 3.05) is 26.8 Å². The van der Waals surface area contributed by atoms with E-state index in [4.69, 9.17) is 4.74 Å². The fraction of sp³-hybridized carbons (Fsp3) is 0.571. The van der Waals surface area contributed by atoms with Gasteiger partial charge >= 0.3 is 0 Å². The number of ether oxygens (including phenoxy) is 1. The predicted molar refractivity (Wildman–Crippen MR) is 68.8 cm³/mol. The molecule has 17 heavy (non-hydrogen) atoms. The van der Waals surface area contributed by atoms with E-state index in [1.165, 1.54) is 0 Å². The highest BCUT2D eigenvalue weighted by atomic mass is 19.1. The van der Waals surface area contributed by atoms with Crippen LogP contribution in [0.4, 0.5) is 4.39 Å². The lowest BCUT2D eigenvalue weighted by Gasteiger charge is -2.06. The number of methoxy groups -OCH3 is 1. The zero-order valence-electron chi connectivity index (χ0n) is 10.8. The van der Waals surface area contributed by atoms with Crippen molar-refractivity contribution in [3.8, 4) is 0 Å². The predicted octanol–water partition coefficient (Wildman–Crippen LogP) is 2.69. The molecule has 0 saturated heterocycles. The first-order valence-corrected chi connectivity index (χ1v) is 6.18. The molecule has 0 saturated carbocycles. The number of nitrogens with one attached hydrogen (secondary N) is 1. The average Bonchev–Trinajstić information content (AvgIpc) is 2.32. The monoisotopic (exact) mass is 239 g/mol. The maximum Gasteiger partial charge on any atom is 0.126 e. The minimum atomic E-state index is -0.0806. The van der Waals surface area contributed by atoms with Crippen molar-refractivity contribution in [1.82, 2.24) is 5.32 Å². The van der Waals surface area contributed by atoms with Crippen molar-refractivity contribution in [3.05, 3.63) is 35.1 Å². The lowest BCUT2D eigenvalue weighted by atomic mass is 10.1. The molecule has 96 valence electrons. The van der Waals surface area contributed by atoms with Crippen LogP contribution in [0.3, 0.4) is 0 Å². The summed E-state index contributed by atoms with van der Waals surface area (Å²) in [7, 11) is 1.70. The zero-order chi connectivity index (χ0) is 12.5. The molecule has 0 aliphatic heterocycles. The van der Waals surface area contributed by atoms with Crippen LogP contribution >= 0.6 is 0 Å². The van der Waals surface area contributed by atoms with Gasteiger partial charge in [0.2, 0.25) is 0 Å². The van der Waals surface area contributed by atoms with Crippen LogP contribution in [0.25, 0.3) is 0 Å². The second kappa shape index (κ2) is 8.20. The fourth-order valence-electron chi connectivity index (χ4n) is 1.76. The summed E-state index contributed by atoms with van der Waals surface area (Å²) in [5.41, 5.74) is 1.96. The largest absolute Gasteiger partial charge is 0.383 e. The van der Waals surface area contributed by atoms with E-state index in [1.807, 2.05) is 19.1 Å². The summed E-state index contributed by atoms with van der Waals surface area (Å²) >= 11 is 0. The summed E-state index contributed by atoms with van der Waals surface area (Å²) in [6, 6.07) is 5.31. The Morgan fingerprint density at radius 2 is 2.06 bits per heavy atom. The highest BCUT2D eigenvalue weighted by molar-refractivity contribution is 5.24. The van der Waals surface area contributed by atoms with Gasteiger partial charge < -0.3 is 10.1 Å². The van der Waals surface area contributed by atoms with Crippen molar-refractivity contribution in [1.29, 1.82) is 0 Å². The Labute approximate surface area is 103 Å². The summed E-state index contributed by atoms with van der Waals surface area (Å²) < 4.78 is 18.3. The lowest BCUT2D eigenvalue weighted by Crippen LogP contribution is -2.20. The lowest BCUT2D eigenvalue weighted by molar-refractivity contribution is 0.199. The molecule has 0 aliphatic carbocycles. The molecule has 1 aromatic rings. The van der Waals surface area contributed by atoms with E-state index in [0.29, 0.717) is 0 Å². The first kappa shape index (κ1) is 14.1.